The standard InChI is InChI=1S/C26H36N2O/c1-16-6-20-15-25(2,3)27-22(21(20)10-23(16)28(4)5)11-24(29)26-12-17-7-18(13-26)9-19(8-17)14-26/h6,10-11,17-19,27H,7-9,12-15H2,1-5H3. The summed E-state index contributed by atoms with van der Waals surface area (Å²) in [6.45, 7) is 6.68. The zero-order chi connectivity index (χ0) is 20.6. The Morgan fingerprint density at radius 2 is 1.66 bits per heavy atom. The molecule has 156 valence electrons. The van der Waals surface area contributed by atoms with Gasteiger partial charge in [0, 0.05) is 48.1 Å². The van der Waals surface area contributed by atoms with E-state index in [-0.39, 0.29) is 11.0 Å². The fraction of sp³-hybridized carbons (Fsp3) is 0.654. The molecule has 5 aliphatic rings. The molecule has 29 heavy (non-hydrogen) atoms. The number of hydrogen-bond acceptors (Lipinski definition) is 3. The molecule has 4 aliphatic carbocycles. The number of hydrogen-bond donors (Lipinski definition) is 1. The number of aryl methyl sites for hydroxylation is 1. The van der Waals surface area contributed by atoms with Gasteiger partial charge >= 0.3 is 0 Å². The summed E-state index contributed by atoms with van der Waals surface area (Å²) in [5.74, 6) is 2.80. The second-order valence-corrected chi connectivity index (χ2v) is 11.5. The average Bonchev–Trinajstić information content (AvgIpc) is 2.58. The second-order valence-electron chi connectivity index (χ2n) is 11.5. The van der Waals surface area contributed by atoms with E-state index in [1.165, 1.54) is 41.6 Å². The summed E-state index contributed by atoms with van der Waals surface area (Å²) in [4.78, 5) is 15.9. The molecular formula is C26H36N2O. The van der Waals surface area contributed by atoms with Gasteiger partial charge in [-0.2, -0.15) is 0 Å². The van der Waals surface area contributed by atoms with Crippen LogP contribution < -0.4 is 10.2 Å². The van der Waals surface area contributed by atoms with Crippen LogP contribution in [0.3, 0.4) is 0 Å². The van der Waals surface area contributed by atoms with Gasteiger partial charge in [-0.1, -0.05) is 6.07 Å². The Kier molecular flexibility index (Phi) is 4.21. The molecule has 0 radical (unpaired) electrons. The average molecular weight is 393 g/mol. The minimum absolute atomic E-state index is 0.0351. The topological polar surface area (TPSA) is 32.3 Å². The maximum Gasteiger partial charge on any atom is 0.163 e. The summed E-state index contributed by atoms with van der Waals surface area (Å²) >= 11 is 0. The highest BCUT2D eigenvalue weighted by molar-refractivity contribution is 6.01. The van der Waals surface area contributed by atoms with Crippen molar-refractivity contribution < 1.29 is 4.79 Å². The third-order valence-corrected chi connectivity index (χ3v) is 8.14. The zero-order valence-corrected chi connectivity index (χ0v) is 18.8. The SMILES string of the molecule is Cc1cc2c(cc1N(C)C)C(=CC(=O)C13CC4CC(CC(C4)C1)C3)NC(C)(C)C2. The van der Waals surface area contributed by atoms with Gasteiger partial charge in [0.2, 0.25) is 0 Å². The van der Waals surface area contributed by atoms with Gasteiger partial charge in [-0.25, -0.2) is 0 Å². The first-order chi connectivity index (χ1) is 13.6. The van der Waals surface area contributed by atoms with Crippen LogP contribution >= 0.6 is 0 Å². The Morgan fingerprint density at radius 1 is 1.07 bits per heavy atom. The quantitative estimate of drug-likeness (QED) is 0.725. The van der Waals surface area contributed by atoms with Gasteiger partial charge in [-0.3, -0.25) is 4.79 Å². The number of anilines is 1. The van der Waals surface area contributed by atoms with Crippen LogP contribution in [0.1, 0.15) is 69.1 Å². The second kappa shape index (κ2) is 6.36. The highest BCUT2D eigenvalue weighted by atomic mass is 16.1. The third-order valence-electron chi connectivity index (χ3n) is 8.14. The lowest BCUT2D eigenvalue weighted by Gasteiger charge is -2.55. The van der Waals surface area contributed by atoms with E-state index in [1.54, 1.807) is 0 Å². The van der Waals surface area contributed by atoms with E-state index < -0.39 is 0 Å². The fourth-order valence-electron chi connectivity index (χ4n) is 7.40. The first kappa shape index (κ1) is 19.2. The van der Waals surface area contributed by atoms with Crippen molar-refractivity contribution in [3.8, 4) is 0 Å². The van der Waals surface area contributed by atoms with E-state index in [2.05, 4.69) is 57.2 Å². The van der Waals surface area contributed by atoms with Crippen LogP contribution in [-0.2, 0) is 11.2 Å². The molecule has 3 heteroatoms. The molecule has 1 heterocycles. The summed E-state index contributed by atoms with van der Waals surface area (Å²) in [7, 11) is 4.19. The van der Waals surface area contributed by atoms with E-state index in [9.17, 15) is 4.79 Å². The Hall–Kier alpha value is -1.77. The van der Waals surface area contributed by atoms with Gasteiger partial charge in [-0.05, 0) is 101 Å². The predicted molar refractivity (Wildman–Crippen MR) is 120 cm³/mol. The van der Waals surface area contributed by atoms with E-state index >= 15 is 0 Å². The molecule has 4 saturated carbocycles. The molecule has 1 aromatic rings. The number of carbonyl (C=O) groups excluding carboxylic acids is 1. The number of fused-ring (bicyclic) bond motifs is 1. The zero-order valence-electron chi connectivity index (χ0n) is 18.8. The third kappa shape index (κ3) is 3.21. The van der Waals surface area contributed by atoms with Gasteiger partial charge in [0.25, 0.3) is 0 Å². The Labute approximate surface area is 175 Å². The van der Waals surface area contributed by atoms with Crippen molar-refractivity contribution in [3.05, 3.63) is 34.9 Å². The first-order valence-corrected chi connectivity index (χ1v) is 11.5. The molecule has 3 nitrogen and oxygen atoms in total. The summed E-state index contributed by atoms with van der Waals surface area (Å²) in [6, 6.07) is 4.61. The molecule has 0 aromatic heterocycles. The van der Waals surface area contributed by atoms with Crippen LogP contribution in [0, 0.1) is 30.1 Å². The van der Waals surface area contributed by atoms with Crippen LogP contribution in [-0.4, -0.2) is 25.4 Å². The Bertz CT molecular complexity index is 857. The summed E-state index contributed by atoms with van der Waals surface area (Å²) in [6.07, 6.45) is 10.5. The minimum atomic E-state index is -0.0692. The van der Waals surface area contributed by atoms with Crippen molar-refractivity contribution in [1.82, 2.24) is 5.32 Å². The lowest BCUT2D eigenvalue weighted by molar-refractivity contribution is -0.138. The molecule has 0 amide bonds. The monoisotopic (exact) mass is 392 g/mol. The van der Waals surface area contributed by atoms with Crippen molar-refractivity contribution in [2.45, 2.75) is 71.3 Å². The Balaban J connectivity index is 1.54. The van der Waals surface area contributed by atoms with Crippen LogP contribution in [0.2, 0.25) is 0 Å². The molecular weight excluding hydrogens is 356 g/mol. The number of rotatable bonds is 3. The van der Waals surface area contributed by atoms with Gasteiger partial charge in [0.15, 0.2) is 5.78 Å². The fourth-order valence-corrected chi connectivity index (χ4v) is 7.40. The van der Waals surface area contributed by atoms with Crippen LogP contribution in [0.25, 0.3) is 5.70 Å². The van der Waals surface area contributed by atoms with Gasteiger partial charge in [-0.15, -0.1) is 0 Å². The van der Waals surface area contributed by atoms with Gasteiger partial charge < -0.3 is 10.2 Å². The normalized spacial score (nSPS) is 35.3. The smallest absolute Gasteiger partial charge is 0.163 e. The molecule has 1 aromatic carbocycles. The molecule has 1 N–H and O–H groups in total. The minimum Gasteiger partial charge on any atom is -0.379 e. The highest BCUT2D eigenvalue weighted by Gasteiger charge is 2.54. The van der Waals surface area contributed by atoms with Crippen LogP contribution in [0.5, 0.6) is 0 Å². The maximum atomic E-state index is 13.7. The molecule has 1 aliphatic heterocycles. The number of allylic oxidation sites excluding steroid dienone is 1. The van der Waals surface area contributed by atoms with Crippen molar-refractivity contribution in [2.24, 2.45) is 23.2 Å². The molecule has 4 bridgehead atoms. The van der Waals surface area contributed by atoms with Crippen molar-refractivity contribution in [3.63, 3.8) is 0 Å². The molecule has 6 rings (SSSR count). The van der Waals surface area contributed by atoms with E-state index in [4.69, 9.17) is 0 Å². The van der Waals surface area contributed by atoms with E-state index in [1.807, 2.05) is 6.08 Å². The van der Waals surface area contributed by atoms with Gasteiger partial charge in [0.05, 0.1) is 0 Å². The number of carbonyl (C=O) groups is 1. The van der Waals surface area contributed by atoms with Crippen molar-refractivity contribution in [2.75, 3.05) is 19.0 Å². The lowest BCUT2D eigenvalue weighted by Crippen LogP contribution is -2.50. The van der Waals surface area contributed by atoms with Gasteiger partial charge in [0.1, 0.15) is 0 Å². The first-order valence-electron chi connectivity index (χ1n) is 11.5. The van der Waals surface area contributed by atoms with E-state index in [0.29, 0.717) is 5.78 Å². The number of nitrogens with zero attached hydrogens (tertiary/aromatic N) is 1. The molecule has 0 unspecified atom stereocenters. The largest absolute Gasteiger partial charge is 0.379 e. The molecule has 4 fully saturated rings. The molecule has 0 atom stereocenters. The van der Waals surface area contributed by atoms with Crippen LogP contribution in [0.15, 0.2) is 18.2 Å². The van der Waals surface area contributed by atoms with Crippen molar-refractivity contribution >= 4 is 17.2 Å². The predicted octanol–water partition coefficient (Wildman–Crippen LogP) is 5.11. The van der Waals surface area contributed by atoms with Crippen molar-refractivity contribution in [1.29, 1.82) is 0 Å². The summed E-state index contributed by atoms with van der Waals surface area (Å²) in [5, 5.41) is 3.72. The molecule has 0 spiro atoms. The lowest BCUT2D eigenvalue weighted by atomic mass is 9.48. The van der Waals surface area contributed by atoms with E-state index in [0.717, 1.165) is 49.1 Å². The van der Waals surface area contributed by atoms with Crippen LogP contribution in [0.4, 0.5) is 5.69 Å². The number of benzene rings is 1. The Morgan fingerprint density at radius 3 is 2.21 bits per heavy atom. The number of ketones is 1. The highest BCUT2D eigenvalue weighted by Crippen LogP contribution is 2.60. The summed E-state index contributed by atoms with van der Waals surface area (Å²) < 4.78 is 0. The number of nitrogens with one attached hydrogen (secondary N) is 1. The molecule has 0 saturated heterocycles. The summed E-state index contributed by atoms with van der Waals surface area (Å²) in [5.41, 5.74) is 6.06. The maximum absolute atomic E-state index is 13.7.